The standard InChI is InChI=1S/C17H23N3O4S/c1-12(17(22)20-9-3-2-4-10-20)19-25(23,24)14-6-7-15-13(11-14)5-8-16(21)18-15/h6-7,11-12,19H,2-5,8-10H2,1H3,(H,18,21). The molecular formula is C17H23N3O4S. The van der Waals surface area contributed by atoms with E-state index in [1.54, 1.807) is 24.0 Å². The number of fused-ring (bicyclic) bond motifs is 1. The molecule has 2 N–H and O–H groups in total. The van der Waals surface area contributed by atoms with E-state index in [0.29, 0.717) is 31.6 Å². The number of amides is 2. The van der Waals surface area contributed by atoms with Gasteiger partial charge in [0.1, 0.15) is 0 Å². The maximum atomic E-state index is 12.6. The zero-order valence-electron chi connectivity index (χ0n) is 14.2. The van der Waals surface area contributed by atoms with Gasteiger partial charge < -0.3 is 10.2 Å². The van der Waals surface area contributed by atoms with E-state index in [1.165, 1.54) is 6.07 Å². The van der Waals surface area contributed by atoms with E-state index in [-0.39, 0.29) is 16.7 Å². The van der Waals surface area contributed by atoms with Gasteiger partial charge in [-0.15, -0.1) is 0 Å². The Labute approximate surface area is 147 Å². The molecule has 1 fully saturated rings. The van der Waals surface area contributed by atoms with E-state index < -0.39 is 16.1 Å². The molecule has 2 aliphatic heterocycles. The molecule has 8 heteroatoms. The summed E-state index contributed by atoms with van der Waals surface area (Å²) < 4.78 is 27.7. The van der Waals surface area contributed by atoms with Gasteiger partial charge in [0.15, 0.2) is 0 Å². The molecule has 1 unspecified atom stereocenters. The number of nitrogens with zero attached hydrogens (tertiary/aromatic N) is 1. The van der Waals surface area contributed by atoms with Crippen molar-refractivity contribution in [2.75, 3.05) is 18.4 Å². The maximum Gasteiger partial charge on any atom is 0.241 e. The van der Waals surface area contributed by atoms with Crippen molar-refractivity contribution >= 4 is 27.5 Å². The number of likely N-dealkylation sites (tertiary alicyclic amines) is 1. The number of hydrogen-bond donors (Lipinski definition) is 2. The Balaban J connectivity index is 1.73. The molecule has 2 heterocycles. The number of carbonyl (C=O) groups is 2. The van der Waals surface area contributed by atoms with E-state index in [4.69, 9.17) is 0 Å². The van der Waals surface area contributed by atoms with E-state index in [1.807, 2.05) is 0 Å². The lowest BCUT2D eigenvalue weighted by Crippen LogP contribution is -2.48. The molecule has 0 spiro atoms. The van der Waals surface area contributed by atoms with Crippen molar-refractivity contribution in [1.29, 1.82) is 0 Å². The van der Waals surface area contributed by atoms with E-state index >= 15 is 0 Å². The highest BCUT2D eigenvalue weighted by molar-refractivity contribution is 7.89. The molecule has 25 heavy (non-hydrogen) atoms. The van der Waals surface area contributed by atoms with Gasteiger partial charge in [-0.1, -0.05) is 0 Å². The number of carbonyl (C=O) groups excluding carboxylic acids is 2. The number of aryl methyl sites for hydroxylation is 1. The highest BCUT2D eigenvalue weighted by Crippen LogP contribution is 2.25. The molecule has 0 aromatic heterocycles. The molecular weight excluding hydrogens is 342 g/mol. The number of rotatable bonds is 4. The Morgan fingerprint density at radius 3 is 2.64 bits per heavy atom. The summed E-state index contributed by atoms with van der Waals surface area (Å²) in [5, 5.41) is 2.73. The molecule has 136 valence electrons. The summed E-state index contributed by atoms with van der Waals surface area (Å²) in [5.41, 5.74) is 1.44. The molecule has 3 rings (SSSR count). The third kappa shape index (κ3) is 4.01. The Bertz CT molecular complexity index is 785. The zero-order valence-corrected chi connectivity index (χ0v) is 15.1. The molecule has 7 nitrogen and oxygen atoms in total. The van der Waals surface area contributed by atoms with Gasteiger partial charge in [0.2, 0.25) is 21.8 Å². The summed E-state index contributed by atoms with van der Waals surface area (Å²) in [6, 6.07) is 3.80. The number of anilines is 1. The summed E-state index contributed by atoms with van der Waals surface area (Å²) in [5.74, 6) is -0.254. The van der Waals surface area contributed by atoms with Crippen LogP contribution in [0.25, 0.3) is 0 Å². The van der Waals surface area contributed by atoms with Crippen molar-refractivity contribution in [3.8, 4) is 0 Å². The normalized spacial score (nSPS) is 19.1. The Hall–Kier alpha value is -1.93. The van der Waals surface area contributed by atoms with Crippen LogP contribution in [-0.2, 0) is 26.0 Å². The fourth-order valence-electron chi connectivity index (χ4n) is 3.27. The monoisotopic (exact) mass is 365 g/mol. The minimum Gasteiger partial charge on any atom is -0.341 e. The largest absolute Gasteiger partial charge is 0.341 e. The highest BCUT2D eigenvalue weighted by Gasteiger charge is 2.27. The van der Waals surface area contributed by atoms with Crippen molar-refractivity contribution in [2.45, 2.75) is 50.0 Å². The molecule has 1 aromatic carbocycles. The van der Waals surface area contributed by atoms with Crippen LogP contribution in [-0.4, -0.2) is 44.3 Å². The molecule has 1 aromatic rings. The lowest BCUT2D eigenvalue weighted by atomic mass is 10.0. The van der Waals surface area contributed by atoms with Crippen LogP contribution in [0.5, 0.6) is 0 Å². The van der Waals surface area contributed by atoms with Gasteiger partial charge in [0.25, 0.3) is 0 Å². The lowest BCUT2D eigenvalue weighted by molar-refractivity contribution is -0.133. The van der Waals surface area contributed by atoms with Gasteiger partial charge in [0.05, 0.1) is 10.9 Å². The van der Waals surface area contributed by atoms with Crippen LogP contribution >= 0.6 is 0 Å². The maximum absolute atomic E-state index is 12.6. The second-order valence-corrected chi connectivity index (χ2v) is 8.31. The summed E-state index contributed by atoms with van der Waals surface area (Å²) in [6.45, 7) is 2.94. The van der Waals surface area contributed by atoms with E-state index in [0.717, 1.165) is 24.8 Å². The molecule has 0 saturated carbocycles. The number of benzene rings is 1. The predicted octanol–water partition coefficient (Wildman–Crippen LogP) is 1.25. The van der Waals surface area contributed by atoms with Gasteiger partial charge in [0, 0.05) is 25.2 Å². The second-order valence-electron chi connectivity index (χ2n) is 6.60. The third-order valence-electron chi connectivity index (χ3n) is 4.65. The van der Waals surface area contributed by atoms with E-state index in [2.05, 4.69) is 10.0 Å². The minimum atomic E-state index is -3.80. The fourth-order valence-corrected chi connectivity index (χ4v) is 4.51. The molecule has 0 aliphatic carbocycles. The van der Waals surface area contributed by atoms with Gasteiger partial charge in [-0.25, -0.2) is 8.42 Å². The first-order valence-electron chi connectivity index (χ1n) is 8.61. The van der Waals surface area contributed by atoms with Crippen molar-refractivity contribution < 1.29 is 18.0 Å². The quantitative estimate of drug-likeness (QED) is 0.839. The summed E-state index contributed by atoms with van der Waals surface area (Å²) >= 11 is 0. The van der Waals surface area contributed by atoms with Crippen molar-refractivity contribution in [3.63, 3.8) is 0 Å². The van der Waals surface area contributed by atoms with Gasteiger partial charge in [-0.3, -0.25) is 9.59 Å². The van der Waals surface area contributed by atoms with Gasteiger partial charge in [-0.2, -0.15) is 4.72 Å². The topological polar surface area (TPSA) is 95.6 Å². The molecule has 0 radical (unpaired) electrons. The molecule has 1 atom stereocenters. The van der Waals surface area contributed by atoms with Crippen LogP contribution < -0.4 is 10.0 Å². The molecule has 0 bridgehead atoms. The average Bonchev–Trinajstić information content (AvgIpc) is 2.60. The summed E-state index contributed by atoms with van der Waals surface area (Å²) in [7, 11) is -3.80. The molecule has 2 aliphatic rings. The minimum absolute atomic E-state index is 0.0676. The fraction of sp³-hybridized carbons (Fsp3) is 0.529. The smallest absolute Gasteiger partial charge is 0.241 e. The number of nitrogens with one attached hydrogen (secondary N) is 2. The van der Waals surface area contributed by atoms with Crippen LogP contribution in [0.1, 0.15) is 38.2 Å². The van der Waals surface area contributed by atoms with Crippen molar-refractivity contribution in [2.24, 2.45) is 0 Å². The number of hydrogen-bond acceptors (Lipinski definition) is 4. The lowest BCUT2D eigenvalue weighted by Gasteiger charge is -2.29. The Morgan fingerprint density at radius 2 is 1.92 bits per heavy atom. The van der Waals surface area contributed by atoms with Crippen LogP contribution in [0, 0.1) is 0 Å². The summed E-state index contributed by atoms with van der Waals surface area (Å²) in [6.07, 6.45) is 3.87. The Morgan fingerprint density at radius 1 is 1.20 bits per heavy atom. The van der Waals surface area contributed by atoms with E-state index in [9.17, 15) is 18.0 Å². The first-order valence-corrected chi connectivity index (χ1v) is 10.1. The van der Waals surface area contributed by atoms with Crippen LogP contribution in [0.2, 0.25) is 0 Å². The first-order chi connectivity index (χ1) is 11.9. The van der Waals surface area contributed by atoms with Crippen LogP contribution in [0.15, 0.2) is 23.1 Å². The van der Waals surface area contributed by atoms with Crippen molar-refractivity contribution in [1.82, 2.24) is 9.62 Å². The zero-order chi connectivity index (χ0) is 18.0. The second kappa shape index (κ2) is 7.13. The van der Waals surface area contributed by atoms with Gasteiger partial charge in [-0.05, 0) is 56.4 Å². The SMILES string of the molecule is CC(NS(=O)(=O)c1ccc2c(c1)CCC(=O)N2)C(=O)N1CCCCC1. The van der Waals surface area contributed by atoms with Crippen LogP contribution in [0.3, 0.4) is 0 Å². The number of sulfonamides is 1. The molecule has 2 amide bonds. The van der Waals surface area contributed by atoms with Crippen molar-refractivity contribution in [3.05, 3.63) is 23.8 Å². The third-order valence-corrected chi connectivity index (χ3v) is 6.19. The average molecular weight is 365 g/mol. The van der Waals surface area contributed by atoms with Gasteiger partial charge >= 0.3 is 0 Å². The van der Waals surface area contributed by atoms with Crippen LogP contribution in [0.4, 0.5) is 5.69 Å². The predicted molar refractivity (Wildman–Crippen MR) is 93.6 cm³/mol. The highest BCUT2D eigenvalue weighted by atomic mass is 32.2. The Kier molecular flexibility index (Phi) is 5.10. The first kappa shape index (κ1) is 17.9. The molecule has 1 saturated heterocycles. The number of piperidine rings is 1. The summed E-state index contributed by atoms with van der Waals surface area (Å²) in [4.78, 5) is 25.7.